The van der Waals surface area contributed by atoms with Crippen LogP contribution in [0.15, 0.2) is 30.3 Å². The molecule has 1 saturated carbocycles. The molecule has 94 valence electrons. The quantitative estimate of drug-likeness (QED) is 0.868. The number of hydrogen-bond donors (Lipinski definition) is 1. The maximum Gasteiger partial charge on any atom is 0.0708 e. The van der Waals surface area contributed by atoms with Crippen molar-refractivity contribution in [3.63, 3.8) is 0 Å². The van der Waals surface area contributed by atoms with Crippen molar-refractivity contribution >= 4 is 10.9 Å². The zero-order chi connectivity index (χ0) is 12.5. The molecule has 1 heterocycles. The van der Waals surface area contributed by atoms with E-state index >= 15 is 0 Å². The zero-order valence-electron chi connectivity index (χ0n) is 10.9. The molecule has 0 spiro atoms. The standard InChI is InChI=1S/C16H20N2/c1-11-10-15(16(17)12-6-2-3-7-12)18-14-9-5-4-8-13(11)14/h4-5,8-10,12,16H,2-3,6-7,17H2,1H3. The third kappa shape index (κ3) is 2.01. The first-order valence-electron chi connectivity index (χ1n) is 6.87. The fourth-order valence-electron chi connectivity index (χ4n) is 3.10. The Hall–Kier alpha value is -1.41. The lowest BCUT2D eigenvalue weighted by atomic mass is 9.94. The number of aromatic nitrogens is 1. The summed E-state index contributed by atoms with van der Waals surface area (Å²) in [4.78, 5) is 4.76. The van der Waals surface area contributed by atoms with Gasteiger partial charge in [0.1, 0.15) is 0 Å². The normalized spacial score (nSPS) is 18.3. The van der Waals surface area contributed by atoms with Crippen molar-refractivity contribution < 1.29 is 0 Å². The van der Waals surface area contributed by atoms with E-state index in [4.69, 9.17) is 10.7 Å². The van der Waals surface area contributed by atoms with Crippen LogP contribution in [-0.2, 0) is 0 Å². The lowest BCUT2D eigenvalue weighted by molar-refractivity contribution is 0.437. The second-order valence-electron chi connectivity index (χ2n) is 5.45. The predicted octanol–water partition coefficient (Wildman–Crippen LogP) is 3.73. The van der Waals surface area contributed by atoms with E-state index in [1.54, 1.807) is 0 Å². The summed E-state index contributed by atoms with van der Waals surface area (Å²) in [6.45, 7) is 2.15. The molecule has 1 aliphatic rings. The maximum absolute atomic E-state index is 6.40. The molecule has 0 radical (unpaired) electrons. The van der Waals surface area contributed by atoms with Gasteiger partial charge in [0, 0.05) is 11.4 Å². The minimum absolute atomic E-state index is 0.107. The second-order valence-corrected chi connectivity index (χ2v) is 5.45. The van der Waals surface area contributed by atoms with Crippen molar-refractivity contribution in [3.05, 3.63) is 41.6 Å². The van der Waals surface area contributed by atoms with Gasteiger partial charge in [-0.25, -0.2) is 0 Å². The first kappa shape index (κ1) is 11.7. The van der Waals surface area contributed by atoms with E-state index in [0.29, 0.717) is 5.92 Å². The van der Waals surface area contributed by atoms with E-state index in [2.05, 4.69) is 31.2 Å². The largest absolute Gasteiger partial charge is 0.322 e. The minimum Gasteiger partial charge on any atom is -0.322 e. The van der Waals surface area contributed by atoms with Gasteiger partial charge in [0.25, 0.3) is 0 Å². The highest BCUT2D eigenvalue weighted by molar-refractivity contribution is 5.82. The van der Waals surface area contributed by atoms with Gasteiger partial charge in [0.15, 0.2) is 0 Å². The van der Waals surface area contributed by atoms with Crippen LogP contribution >= 0.6 is 0 Å². The van der Waals surface area contributed by atoms with E-state index < -0.39 is 0 Å². The van der Waals surface area contributed by atoms with Crippen LogP contribution in [0.4, 0.5) is 0 Å². The van der Waals surface area contributed by atoms with Crippen LogP contribution in [-0.4, -0.2) is 4.98 Å². The van der Waals surface area contributed by atoms with Crippen LogP contribution in [0.5, 0.6) is 0 Å². The van der Waals surface area contributed by atoms with Gasteiger partial charge in [-0.15, -0.1) is 0 Å². The Morgan fingerprint density at radius 2 is 1.94 bits per heavy atom. The van der Waals surface area contributed by atoms with Crippen LogP contribution in [0.2, 0.25) is 0 Å². The lowest BCUT2D eigenvalue weighted by Crippen LogP contribution is -2.20. The predicted molar refractivity (Wildman–Crippen MR) is 75.4 cm³/mol. The molecule has 1 aromatic heterocycles. The smallest absolute Gasteiger partial charge is 0.0708 e. The first-order chi connectivity index (χ1) is 8.75. The number of hydrogen-bond acceptors (Lipinski definition) is 2. The molecule has 18 heavy (non-hydrogen) atoms. The second kappa shape index (κ2) is 4.69. The van der Waals surface area contributed by atoms with Gasteiger partial charge in [-0.05, 0) is 43.4 Å². The third-order valence-electron chi connectivity index (χ3n) is 4.19. The third-order valence-corrected chi connectivity index (χ3v) is 4.19. The fraction of sp³-hybridized carbons (Fsp3) is 0.438. The summed E-state index contributed by atoms with van der Waals surface area (Å²) in [7, 11) is 0. The van der Waals surface area contributed by atoms with Gasteiger partial charge >= 0.3 is 0 Å². The molecule has 2 heteroatoms. The first-order valence-corrected chi connectivity index (χ1v) is 6.87. The molecule has 2 aromatic rings. The van der Waals surface area contributed by atoms with Crippen molar-refractivity contribution in [1.82, 2.24) is 4.98 Å². The van der Waals surface area contributed by atoms with Gasteiger partial charge in [-0.2, -0.15) is 0 Å². The Morgan fingerprint density at radius 3 is 2.72 bits per heavy atom. The molecule has 2 N–H and O–H groups in total. The van der Waals surface area contributed by atoms with Crippen LogP contribution in [0.1, 0.15) is 43.0 Å². The van der Waals surface area contributed by atoms with Crippen molar-refractivity contribution in [2.24, 2.45) is 11.7 Å². The number of para-hydroxylation sites is 1. The average Bonchev–Trinajstić information content (AvgIpc) is 2.91. The number of pyridine rings is 1. The van der Waals surface area contributed by atoms with Gasteiger partial charge in [0.05, 0.1) is 11.2 Å². The highest BCUT2D eigenvalue weighted by Gasteiger charge is 2.24. The molecule has 1 aromatic carbocycles. The highest BCUT2D eigenvalue weighted by atomic mass is 14.8. The van der Waals surface area contributed by atoms with E-state index in [1.807, 2.05) is 6.07 Å². The number of benzene rings is 1. The summed E-state index contributed by atoms with van der Waals surface area (Å²) in [6, 6.07) is 10.6. The Balaban J connectivity index is 2.01. The Labute approximate surface area is 108 Å². The summed E-state index contributed by atoms with van der Waals surface area (Å²) >= 11 is 0. The molecule has 0 amide bonds. The molecule has 1 unspecified atom stereocenters. The topological polar surface area (TPSA) is 38.9 Å². The van der Waals surface area contributed by atoms with E-state index in [-0.39, 0.29) is 6.04 Å². The van der Waals surface area contributed by atoms with E-state index in [1.165, 1.54) is 36.6 Å². The van der Waals surface area contributed by atoms with Crippen molar-refractivity contribution in [1.29, 1.82) is 0 Å². The van der Waals surface area contributed by atoms with Gasteiger partial charge < -0.3 is 5.73 Å². The molecule has 1 atom stereocenters. The van der Waals surface area contributed by atoms with Gasteiger partial charge in [-0.1, -0.05) is 31.0 Å². The SMILES string of the molecule is Cc1cc(C(N)C2CCCC2)nc2ccccc12. The Bertz CT molecular complexity index is 556. The molecular formula is C16H20N2. The van der Waals surface area contributed by atoms with Crippen LogP contribution in [0.25, 0.3) is 10.9 Å². The molecule has 1 aliphatic carbocycles. The lowest BCUT2D eigenvalue weighted by Gasteiger charge is -2.19. The number of aryl methyl sites for hydroxylation is 1. The van der Waals surface area contributed by atoms with Crippen molar-refractivity contribution in [3.8, 4) is 0 Å². The molecule has 0 aliphatic heterocycles. The van der Waals surface area contributed by atoms with Crippen LogP contribution < -0.4 is 5.73 Å². The van der Waals surface area contributed by atoms with Gasteiger partial charge in [-0.3, -0.25) is 4.98 Å². The number of nitrogens with two attached hydrogens (primary N) is 1. The van der Waals surface area contributed by atoms with Crippen LogP contribution in [0, 0.1) is 12.8 Å². The average molecular weight is 240 g/mol. The summed E-state index contributed by atoms with van der Waals surface area (Å²) in [5.41, 5.74) is 9.82. The van der Waals surface area contributed by atoms with E-state index in [9.17, 15) is 0 Å². The molecule has 1 fully saturated rings. The summed E-state index contributed by atoms with van der Waals surface area (Å²) in [5.74, 6) is 0.623. The zero-order valence-corrected chi connectivity index (χ0v) is 10.9. The molecule has 2 nitrogen and oxygen atoms in total. The fourth-order valence-corrected chi connectivity index (χ4v) is 3.10. The Morgan fingerprint density at radius 1 is 1.22 bits per heavy atom. The number of rotatable bonds is 2. The van der Waals surface area contributed by atoms with E-state index in [0.717, 1.165) is 11.2 Å². The van der Waals surface area contributed by atoms with Crippen LogP contribution in [0.3, 0.4) is 0 Å². The van der Waals surface area contributed by atoms with Crippen molar-refractivity contribution in [2.75, 3.05) is 0 Å². The summed E-state index contributed by atoms with van der Waals surface area (Å²) in [5, 5.41) is 1.24. The molecule has 3 rings (SSSR count). The van der Waals surface area contributed by atoms with Gasteiger partial charge in [0.2, 0.25) is 0 Å². The highest BCUT2D eigenvalue weighted by Crippen LogP contribution is 2.34. The molecule has 0 bridgehead atoms. The molecule has 0 saturated heterocycles. The monoisotopic (exact) mass is 240 g/mol. The summed E-state index contributed by atoms with van der Waals surface area (Å²) in [6.07, 6.45) is 5.17. The number of nitrogens with zero attached hydrogens (tertiary/aromatic N) is 1. The van der Waals surface area contributed by atoms with Crippen molar-refractivity contribution in [2.45, 2.75) is 38.6 Å². The minimum atomic E-state index is 0.107. The Kier molecular flexibility index (Phi) is 3.04. The molecular weight excluding hydrogens is 220 g/mol. The summed E-state index contributed by atoms with van der Waals surface area (Å²) < 4.78 is 0. The maximum atomic E-state index is 6.40. The number of fused-ring (bicyclic) bond motifs is 1.